The van der Waals surface area contributed by atoms with E-state index in [0.29, 0.717) is 63.6 Å². The molecule has 2 saturated heterocycles. The fourth-order valence-electron chi connectivity index (χ4n) is 11.0. The molecule has 16 heteroatoms. The first-order valence-corrected chi connectivity index (χ1v) is 23.1. The van der Waals surface area contributed by atoms with Gasteiger partial charge in [0.1, 0.15) is 18.1 Å². The zero-order valence-electron chi connectivity index (χ0n) is 37.5. The van der Waals surface area contributed by atoms with Gasteiger partial charge >= 0.3 is 0 Å². The topological polar surface area (TPSA) is 141 Å². The Morgan fingerprint density at radius 3 is 2.54 bits per heavy atom. The molecule has 1 unspecified atom stereocenters. The summed E-state index contributed by atoms with van der Waals surface area (Å²) >= 11 is 0. The summed E-state index contributed by atoms with van der Waals surface area (Å²) < 4.78 is 27.2. The summed E-state index contributed by atoms with van der Waals surface area (Å²) in [6, 6.07) is 11.2. The number of carbonyl (C=O) groups is 4. The van der Waals surface area contributed by atoms with Crippen LogP contribution in [0.2, 0.25) is 0 Å². The van der Waals surface area contributed by atoms with Crippen molar-refractivity contribution in [1.82, 2.24) is 39.3 Å². The summed E-state index contributed by atoms with van der Waals surface area (Å²) in [5.41, 5.74) is 8.86. The third-order valence-electron chi connectivity index (χ3n) is 14.6. The Morgan fingerprint density at radius 2 is 1.77 bits per heavy atom. The Hall–Kier alpha value is -6.13. The highest BCUT2D eigenvalue weighted by Gasteiger charge is 2.38. The number of benzene rings is 2. The number of nitrogens with one attached hydrogen (secondary N) is 1. The zero-order chi connectivity index (χ0) is 44.9. The lowest BCUT2D eigenvalue weighted by molar-refractivity contribution is -0.129. The molecule has 1 N–H and O–H groups in total. The van der Waals surface area contributed by atoms with Gasteiger partial charge in [0.05, 0.1) is 29.5 Å². The van der Waals surface area contributed by atoms with Crippen LogP contribution in [0.5, 0.6) is 0 Å². The van der Waals surface area contributed by atoms with E-state index in [1.54, 1.807) is 31.1 Å². The van der Waals surface area contributed by atoms with Gasteiger partial charge < -0.3 is 39.0 Å². The number of aromatic nitrogens is 4. The summed E-state index contributed by atoms with van der Waals surface area (Å²) in [5, 5.41) is 8.85. The van der Waals surface area contributed by atoms with Gasteiger partial charge in [-0.15, -0.1) is 0 Å². The van der Waals surface area contributed by atoms with Gasteiger partial charge in [0.25, 0.3) is 5.91 Å². The number of carbonyl (C=O) groups excluding carboxylic acids is 4. The minimum Gasteiger partial charge on any atom is -0.381 e. The van der Waals surface area contributed by atoms with Gasteiger partial charge in [-0.1, -0.05) is 12.1 Å². The molecule has 2 fully saturated rings. The average molecular weight is 885 g/mol. The Kier molecular flexibility index (Phi) is 11.6. The summed E-state index contributed by atoms with van der Waals surface area (Å²) in [6.07, 6.45) is 11.3. The molecular weight excluding hydrogens is 828 g/mol. The molecule has 2 aromatic carbocycles. The highest BCUT2D eigenvalue weighted by Crippen LogP contribution is 2.46. The van der Waals surface area contributed by atoms with Crippen molar-refractivity contribution < 1.29 is 28.3 Å². The van der Waals surface area contributed by atoms with E-state index >= 15 is 4.39 Å². The number of amides is 3. The summed E-state index contributed by atoms with van der Waals surface area (Å²) in [7, 11) is 3.61. The molecule has 65 heavy (non-hydrogen) atoms. The molecule has 15 nitrogen and oxygen atoms in total. The molecule has 0 saturated carbocycles. The van der Waals surface area contributed by atoms with E-state index in [-0.39, 0.29) is 48.5 Å². The minimum atomic E-state index is -0.708. The first-order chi connectivity index (χ1) is 31.6. The zero-order valence-corrected chi connectivity index (χ0v) is 37.5. The number of halogens is 1. The quantitative estimate of drug-likeness (QED) is 0.163. The van der Waals surface area contributed by atoms with E-state index in [9.17, 15) is 19.2 Å². The highest BCUT2D eigenvalue weighted by molar-refractivity contribution is 6.01. The normalized spacial score (nSPS) is 18.8. The van der Waals surface area contributed by atoms with E-state index in [0.717, 1.165) is 102 Å². The van der Waals surface area contributed by atoms with Crippen molar-refractivity contribution in [3.05, 3.63) is 88.8 Å². The van der Waals surface area contributed by atoms with Crippen LogP contribution in [-0.2, 0) is 45.2 Å². The number of piperidine rings is 1. The van der Waals surface area contributed by atoms with E-state index < -0.39 is 6.04 Å². The van der Waals surface area contributed by atoms with E-state index in [4.69, 9.17) is 9.84 Å². The highest BCUT2D eigenvalue weighted by atomic mass is 19.1. The summed E-state index contributed by atoms with van der Waals surface area (Å²) in [4.78, 5) is 65.0. The van der Waals surface area contributed by atoms with Crippen LogP contribution in [0.25, 0.3) is 22.0 Å². The summed E-state index contributed by atoms with van der Waals surface area (Å²) in [5.74, 6) is 0.0802. The van der Waals surface area contributed by atoms with Crippen molar-refractivity contribution in [2.75, 3.05) is 69.8 Å². The predicted molar refractivity (Wildman–Crippen MR) is 245 cm³/mol. The SMILES string of the molecule is CNC(=O)C(CCC=O)N1Cc2c(CN3CCC(n4cc(-c5cc6c(cc5F)N(c5nn(C7CCOCC7)c7c5CN(C(C)=O)CC7)CCN6C)c5cnccc54)CC3)cccc2C1=O. The molecule has 3 amide bonds. The molecule has 0 bridgehead atoms. The summed E-state index contributed by atoms with van der Waals surface area (Å²) in [6.45, 7) is 8.16. The van der Waals surface area contributed by atoms with Gasteiger partial charge in [0, 0.05) is 157 Å². The van der Waals surface area contributed by atoms with Crippen LogP contribution < -0.4 is 15.1 Å². The van der Waals surface area contributed by atoms with Crippen LogP contribution in [0.4, 0.5) is 21.6 Å². The fraction of sp³-hybridized carbons (Fsp3) is 0.469. The van der Waals surface area contributed by atoms with Crippen molar-refractivity contribution in [1.29, 1.82) is 0 Å². The second-order valence-corrected chi connectivity index (χ2v) is 18.2. The van der Waals surface area contributed by atoms with E-state index in [2.05, 4.69) is 53.6 Å². The maximum absolute atomic E-state index is 17.0. The van der Waals surface area contributed by atoms with Crippen molar-refractivity contribution >= 4 is 52.1 Å². The van der Waals surface area contributed by atoms with Crippen LogP contribution in [0.15, 0.2) is 55.0 Å². The van der Waals surface area contributed by atoms with Gasteiger partial charge in [-0.3, -0.25) is 28.9 Å². The number of likely N-dealkylation sites (tertiary alicyclic amines) is 1. The Morgan fingerprint density at radius 1 is 0.954 bits per heavy atom. The number of anilines is 3. The Labute approximate surface area is 378 Å². The number of rotatable bonds is 11. The number of hydrogen-bond acceptors (Lipinski definition) is 10. The molecule has 5 aliphatic heterocycles. The lowest BCUT2D eigenvalue weighted by Gasteiger charge is -2.37. The van der Waals surface area contributed by atoms with Gasteiger partial charge in [-0.2, -0.15) is 5.10 Å². The lowest BCUT2D eigenvalue weighted by Crippen LogP contribution is -2.46. The van der Waals surface area contributed by atoms with Crippen LogP contribution in [0.1, 0.15) is 90.3 Å². The van der Waals surface area contributed by atoms with E-state index in [1.165, 1.54) is 5.69 Å². The molecule has 5 aromatic rings. The monoisotopic (exact) mass is 884 g/mol. The van der Waals surface area contributed by atoms with Crippen molar-refractivity contribution in [3.8, 4) is 11.1 Å². The number of fused-ring (bicyclic) bond motifs is 4. The smallest absolute Gasteiger partial charge is 0.255 e. The fourth-order valence-corrected chi connectivity index (χ4v) is 11.0. The maximum atomic E-state index is 17.0. The molecule has 0 spiro atoms. The largest absolute Gasteiger partial charge is 0.381 e. The molecule has 340 valence electrons. The predicted octanol–water partition coefficient (Wildman–Crippen LogP) is 5.77. The molecular formula is C49H57FN10O5. The minimum absolute atomic E-state index is 0.0402. The number of hydrogen-bond donors (Lipinski definition) is 1. The van der Waals surface area contributed by atoms with E-state index in [1.807, 2.05) is 35.4 Å². The van der Waals surface area contributed by atoms with Gasteiger partial charge in [0.15, 0.2) is 5.82 Å². The second kappa shape index (κ2) is 17.7. The lowest BCUT2D eigenvalue weighted by atomic mass is 10.00. The first-order valence-electron chi connectivity index (χ1n) is 23.1. The molecule has 1 atom stereocenters. The third kappa shape index (κ3) is 7.73. The molecule has 8 heterocycles. The molecule has 3 aromatic heterocycles. The first kappa shape index (κ1) is 42.8. The van der Waals surface area contributed by atoms with Gasteiger partial charge in [-0.25, -0.2) is 4.39 Å². The van der Waals surface area contributed by atoms with Crippen molar-refractivity contribution in [2.24, 2.45) is 0 Å². The molecule has 0 radical (unpaired) electrons. The van der Waals surface area contributed by atoms with Crippen LogP contribution in [-0.4, -0.2) is 124 Å². The number of aldehydes is 1. The van der Waals surface area contributed by atoms with Gasteiger partial charge in [-0.05, 0) is 61.4 Å². The molecule has 10 rings (SSSR count). The number of pyridine rings is 1. The van der Waals surface area contributed by atoms with Crippen LogP contribution in [0, 0.1) is 5.82 Å². The molecule has 5 aliphatic rings. The maximum Gasteiger partial charge on any atom is 0.255 e. The standard InChI is InChI=1S/C49H57FN10O5/c1-31(62)56-18-12-43-40(28-56)47(53-60(43)34-13-22-65-23-14-34)57-20-19-54(3)45-24-36(41(50)25-46(45)57)39-30-58(42-9-15-52-26-37(39)42)33-10-16-55(17-11-33)27-32-6-4-7-35-38(32)29-59(49(35)64)44(8-5-21-61)48(63)51-2/h4,6-7,9,15,21,24-26,30,33-34,44H,5,8,10-14,16-20,22-23,27-29H2,1-3H3,(H,51,63). The third-order valence-corrected chi connectivity index (χ3v) is 14.6. The number of likely N-dealkylation sites (N-methyl/N-ethyl adjacent to an activating group) is 2. The average Bonchev–Trinajstić information content (AvgIpc) is 4.01. The van der Waals surface area contributed by atoms with Crippen LogP contribution in [0.3, 0.4) is 0 Å². The molecule has 0 aliphatic carbocycles. The number of ether oxygens (including phenoxy) is 1. The Balaban J connectivity index is 0.905. The van der Waals surface area contributed by atoms with Crippen LogP contribution >= 0.6 is 0 Å². The second-order valence-electron chi connectivity index (χ2n) is 18.2. The Bertz CT molecular complexity index is 2660. The van der Waals surface area contributed by atoms with Gasteiger partial charge in [0.2, 0.25) is 11.8 Å². The van der Waals surface area contributed by atoms with Crippen molar-refractivity contribution in [2.45, 2.75) is 89.6 Å². The van der Waals surface area contributed by atoms with Crippen molar-refractivity contribution in [3.63, 3.8) is 0 Å². The number of nitrogens with zero attached hydrogens (tertiary/aromatic N) is 9.